The Labute approximate surface area is 130 Å². The summed E-state index contributed by atoms with van der Waals surface area (Å²) >= 11 is 5.90. The lowest BCUT2D eigenvalue weighted by Gasteiger charge is -2.31. The molecule has 1 aromatic rings. The lowest BCUT2D eigenvalue weighted by Crippen LogP contribution is -2.44. The molecule has 1 aromatic carbocycles. The van der Waals surface area contributed by atoms with Crippen LogP contribution in [0.3, 0.4) is 0 Å². The van der Waals surface area contributed by atoms with E-state index in [1.54, 1.807) is 12.1 Å². The first-order valence-corrected chi connectivity index (χ1v) is 7.60. The molecule has 4 nitrogen and oxygen atoms in total. The van der Waals surface area contributed by atoms with Crippen LogP contribution in [0.25, 0.3) is 0 Å². The zero-order valence-electron chi connectivity index (χ0n) is 12.5. The minimum atomic E-state index is -0.848. The van der Waals surface area contributed by atoms with Crippen LogP contribution in [0.2, 0.25) is 5.02 Å². The van der Waals surface area contributed by atoms with Crippen molar-refractivity contribution in [2.75, 3.05) is 6.54 Å². The zero-order chi connectivity index (χ0) is 15.9. The summed E-state index contributed by atoms with van der Waals surface area (Å²) in [5.74, 6) is -0.903. The van der Waals surface area contributed by atoms with Gasteiger partial charge < -0.3 is 10.4 Å². The molecule has 1 rings (SSSR count). The van der Waals surface area contributed by atoms with E-state index in [0.717, 1.165) is 5.56 Å². The van der Waals surface area contributed by atoms with Crippen LogP contribution in [0.4, 0.5) is 0 Å². The van der Waals surface area contributed by atoms with Gasteiger partial charge in [-0.3, -0.25) is 9.59 Å². The molecular formula is C16H22ClNO3. The van der Waals surface area contributed by atoms with E-state index in [4.69, 9.17) is 16.7 Å². The van der Waals surface area contributed by atoms with Crippen LogP contribution in [0, 0.1) is 0 Å². The fourth-order valence-corrected chi connectivity index (χ4v) is 2.62. The molecule has 0 unspecified atom stereocenters. The van der Waals surface area contributed by atoms with Gasteiger partial charge in [0.2, 0.25) is 5.91 Å². The molecule has 0 aliphatic rings. The molecule has 0 fully saturated rings. The highest BCUT2D eigenvalue weighted by molar-refractivity contribution is 6.30. The second-order valence-electron chi connectivity index (χ2n) is 5.05. The third kappa shape index (κ3) is 4.46. The second kappa shape index (κ2) is 8.03. The number of carbonyl (C=O) groups excluding carboxylic acids is 1. The van der Waals surface area contributed by atoms with Gasteiger partial charge >= 0.3 is 5.97 Å². The van der Waals surface area contributed by atoms with Crippen LogP contribution in [0.5, 0.6) is 0 Å². The van der Waals surface area contributed by atoms with Crippen molar-refractivity contribution in [1.29, 1.82) is 0 Å². The van der Waals surface area contributed by atoms with Crippen molar-refractivity contribution in [3.8, 4) is 0 Å². The van der Waals surface area contributed by atoms with Gasteiger partial charge in [-0.15, -0.1) is 0 Å². The minimum absolute atomic E-state index is 0.0554. The Morgan fingerprint density at radius 3 is 2.24 bits per heavy atom. The number of carboxylic acid groups (broad SMARTS) is 1. The summed E-state index contributed by atoms with van der Waals surface area (Å²) in [6, 6.07) is 7.33. The largest absolute Gasteiger partial charge is 0.481 e. The predicted octanol–water partition coefficient (Wildman–Crippen LogP) is 3.38. The van der Waals surface area contributed by atoms with Crippen LogP contribution in [-0.2, 0) is 15.0 Å². The first-order valence-electron chi connectivity index (χ1n) is 7.22. The monoisotopic (exact) mass is 311 g/mol. The van der Waals surface area contributed by atoms with E-state index in [1.165, 1.54) is 0 Å². The molecular weight excluding hydrogens is 290 g/mol. The van der Waals surface area contributed by atoms with Gasteiger partial charge in [0.05, 0.1) is 5.41 Å². The van der Waals surface area contributed by atoms with E-state index < -0.39 is 11.4 Å². The lowest BCUT2D eigenvalue weighted by atomic mass is 9.75. The van der Waals surface area contributed by atoms with Crippen LogP contribution < -0.4 is 5.32 Å². The molecule has 0 bridgehead atoms. The number of nitrogens with one attached hydrogen (secondary N) is 1. The van der Waals surface area contributed by atoms with Gasteiger partial charge in [0.25, 0.3) is 0 Å². The van der Waals surface area contributed by atoms with Gasteiger partial charge in [-0.25, -0.2) is 0 Å². The first kappa shape index (κ1) is 17.5. The molecule has 0 atom stereocenters. The van der Waals surface area contributed by atoms with Crippen LogP contribution >= 0.6 is 11.6 Å². The Hall–Kier alpha value is -1.55. The summed E-state index contributed by atoms with van der Waals surface area (Å²) in [5, 5.41) is 12.1. The number of rotatable bonds is 8. The molecule has 5 heteroatoms. The van der Waals surface area contributed by atoms with Gasteiger partial charge in [-0.05, 0) is 37.0 Å². The molecule has 0 aliphatic carbocycles. The number of amides is 1. The number of hydrogen-bond donors (Lipinski definition) is 2. The molecule has 0 radical (unpaired) electrons. The van der Waals surface area contributed by atoms with Crippen molar-refractivity contribution >= 4 is 23.5 Å². The fourth-order valence-electron chi connectivity index (χ4n) is 2.49. The number of carboxylic acids is 1. The highest BCUT2D eigenvalue weighted by Gasteiger charge is 2.36. The molecule has 0 aliphatic heterocycles. The maximum Gasteiger partial charge on any atom is 0.303 e. The number of hydrogen-bond acceptors (Lipinski definition) is 2. The third-order valence-electron chi connectivity index (χ3n) is 3.89. The SMILES string of the molecule is CCC(CC)(C(=O)NCCCC(=O)O)c1ccc(Cl)cc1. The molecule has 2 N–H and O–H groups in total. The number of halogens is 1. The fraction of sp³-hybridized carbons (Fsp3) is 0.500. The number of carbonyl (C=O) groups is 2. The second-order valence-corrected chi connectivity index (χ2v) is 5.49. The van der Waals surface area contributed by atoms with E-state index in [0.29, 0.717) is 30.8 Å². The smallest absolute Gasteiger partial charge is 0.303 e. The van der Waals surface area contributed by atoms with E-state index in [-0.39, 0.29) is 12.3 Å². The lowest BCUT2D eigenvalue weighted by molar-refractivity contribution is -0.137. The molecule has 116 valence electrons. The van der Waals surface area contributed by atoms with Crippen LogP contribution in [-0.4, -0.2) is 23.5 Å². The summed E-state index contributed by atoms with van der Waals surface area (Å²) in [6.45, 7) is 4.34. The van der Waals surface area contributed by atoms with Gasteiger partial charge in [0.15, 0.2) is 0 Å². The maximum absolute atomic E-state index is 12.6. The predicted molar refractivity (Wildman–Crippen MR) is 83.6 cm³/mol. The Balaban J connectivity index is 2.81. The first-order chi connectivity index (χ1) is 9.96. The van der Waals surface area contributed by atoms with E-state index in [9.17, 15) is 9.59 Å². The van der Waals surface area contributed by atoms with Crippen LogP contribution in [0.1, 0.15) is 45.1 Å². The molecule has 0 heterocycles. The summed E-state index contributed by atoms with van der Waals surface area (Å²) in [7, 11) is 0. The maximum atomic E-state index is 12.6. The standard InChI is InChI=1S/C16H22ClNO3/c1-3-16(4-2,12-7-9-13(17)10-8-12)15(21)18-11-5-6-14(19)20/h7-10H,3-6,11H2,1-2H3,(H,18,21)(H,19,20). The third-order valence-corrected chi connectivity index (χ3v) is 4.14. The van der Waals surface area contributed by atoms with Crippen molar-refractivity contribution in [3.63, 3.8) is 0 Å². The van der Waals surface area contributed by atoms with Gasteiger partial charge in [-0.2, -0.15) is 0 Å². The molecule has 1 amide bonds. The average Bonchev–Trinajstić information content (AvgIpc) is 2.47. The summed E-state index contributed by atoms with van der Waals surface area (Å²) in [4.78, 5) is 23.0. The molecule has 0 aromatic heterocycles. The highest BCUT2D eigenvalue weighted by Crippen LogP contribution is 2.32. The topological polar surface area (TPSA) is 66.4 Å². The van der Waals surface area contributed by atoms with E-state index >= 15 is 0 Å². The van der Waals surface area contributed by atoms with Crippen LogP contribution in [0.15, 0.2) is 24.3 Å². The number of aliphatic carboxylic acids is 1. The highest BCUT2D eigenvalue weighted by atomic mass is 35.5. The Bertz CT molecular complexity index is 481. The number of benzene rings is 1. The quantitative estimate of drug-likeness (QED) is 0.723. The van der Waals surface area contributed by atoms with E-state index in [1.807, 2.05) is 26.0 Å². The van der Waals surface area contributed by atoms with Crippen molar-refractivity contribution in [2.24, 2.45) is 0 Å². The van der Waals surface area contributed by atoms with Gasteiger partial charge in [0, 0.05) is 18.0 Å². The molecule has 0 spiro atoms. The average molecular weight is 312 g/mol. The van der Waals surface area contributed by atoms with Gasteiger partial charge in [-0.1, -0.05) is 37.6 Å². The van der Waals surface area contributed by atoms with E-state index in [2.05, 4.69) is 5.32 Å². The van der Waals surface area contributed by atoms with Gasteiger partial charge in [0.1, 0.15) is 0 Å². The summed E-state index contributed by atoms with van der Waals surface area (Å²) in [5.41, 5.74) is 0.348. The minimum Gasteiger partial charge on any atom is -0.481 e. The van der Waals surface area contributed by atoms with Crippen molar-refractivity contribution in [2.45, 2.75) is 44.9 Å². The molecule has 0 saturated carbocycles. The van der Waals surface area contributed by atoms with Crippen molar-refractivity contribution < 1.29 is 14.7 Å². The molecule has 0 saturated heterocycles. The normalized spacial score (nSPS) is 11.2. The Morgan fingerprint density at radius 1 is 1.19 bits per heavy atom. The summed E-state index contributed by atoms with van der Waals surface area (Å²) in [6.07, 6.45) is 1.85. The van der Waals surface area contributed by atoms with Crippen molar-refractivity contribution in [3.05, 3.63) is 34.9 Å². The Kier molecular flexibility index (Phi) is 6.69. The molecule has 21 heavy (non-hydrogen) atoms. The summed E-state index contributed by atoms with van der Waals surface area (Å²) < 4.78 is 0. The Morgan fingerprint density at radius 2 is 1.76 bits per heavy atom. The van der Waals surface area contributed by atoms with Crippen molar-refractivity contribution in [1.82, 2.24) is 5.32 Å². The zero-order valence-corrected chi connectivity index (χ0v) is 13.2.